The third-order valence-electron chi connectivity index (χ3n) is 4.14. The van der Waals surface area contributed by atoms with E-state index in [-0.39, 0.29) is 24.1 Å². The Morgan fingerprint density at radius 2 is 2.11 bits per heavy atom. The smallest absolute Gasteiger partial charge is 0.315 e. The Morgan fingerprint density at radius 3 is 2.72 bits per heavy atom. The van der Waals surface area contributed by atoms with Gasteiger partial charge in [-0.05, 0) is 19.3 Å². The van der Waals surface area contributed by atoms with Crippen LogP contribution in [-0.2, 0) is 4.74 Å². The zero-order valence-corrected chi connectivity index (χ0v) is 10.9. The fourth-order valence-electron chi connectivity index (χ4n) is 2.85. The lowest BCUT2D eigenvalue weighted by atomic mass is 9.74. The molecule has 104 valence electrons. The number of carbonyl (C=O) groups excluding carboxylic acids is 1. The van der Waals surface area contributed by atoms with Crippen LogP contribution >= 0.6 is 0 Å². The van der Waals surface area contributed by atoms with Gasteiger partial charge in [0, 0.05) is 18.6 Å². The van der Waals surface area contributed by atoms with Crippen LogP contribution in [0, 0.1) is 5.41 Å². The summed E-state index contributed by atoms with van der Waals surface area (Å²) in [6, 6.07) is 0.00494. The molecule has 1 unspecified atom stereocenters. The van der Waals surface area contributed by atoms with Gasteiger partial charge in [-0.3, -0.25) is 0 Å². The Balaban J connectivity index is 1.73. The summed E-state index contributed by atoms with van der Waals surface area (Å²) in [6.45, 7) is 2.08. The van der Waals surface area contributed by atoms with Crippen molar-refractivity contribution in [3.05, 3.63) is 0 Å². The van der Waals surface area contributed by atoms with Crippen molar-refractivity contribution in [2.24, 2.45) is 5.41 Å². The Kier molecular flexibility index (Phi) is 4.83. The van der Waals surface area contributed by atoms with Crippen LogP contribution in [0.3, 0.4) is 0 Å². The van der Waals surface area contributed by atoms with Crippen LogP contribution in [0.1, 0.15) is 38.5 Å². The Hall–Kier alpha value is -0.810. The summed E-state index contributed by atoms with van der Waals surface area (Å²) in [6.07, 6.45) is 6.46. The molecule has 0 spiro atoms. The highest BCUT2D eigenvalue weighted by Gasteiger charge is 2.31. The zero-order valence-electron chi connectivity index (χ0n) is 10.9. The molecule has 1 saturated carbocycles. The van der Waals surface area contributed by atoms with Gasteiger partial charge in [0.15, 0.2) is 0 Å². The van der Waals surface area contributed by atoms with Crippen LogP contribution in [-0.4, -0.2) is 43.5 Å². The van der Waals surface area contributed by atoms with Crippen LogP contribution in [0.2, 0.25) is 0 Å². The standard InChI is InChI=1S/C13H24N2O3/c16-10-13(5-2-1-3-6-13)9-14-12(17)15-11-4-7-18-8-11/h11,16H,1-10H2,(H2,14,15,17). The lowest BCUT2D eigenvalue weighted by molar-refractivity contribution is 0.0833. The normalized spacial score (nSPS) is 26.8. The van der Waals surface area contributed by atoms with Crippen LogP contribution in [0.25, 0.3) is 0 Å². The maximum absolute atomic E-state index is 11.7. The van der Waals surface area contributed by atoms with Crippen molar-refractivity contribution in [3.63, 3.8) is 0 Å². The van der Waals surface area contributed by atoms with Crippen molar-refractivity contribution in [3.8, 4) is 0 Å². The highest BCUT2D eigenvalue weighted by atomic mass is 16.5. The molecule has 18 heavy (non-hydrogen) atoms. The quantitative estimate of drug-likeness (QED) is 0.703. The van der Waals surface area contributed by atoms with Gasteiger partial charge in [-0.1, -0.05) is 19.3 Å². The van der Waals surface area contributed by atoms with Gasteiger partial charge in [-0.15, -0.1) is 0 Å². The first-order chi connectivity index (χ1) is 8.74. The van der Waals surface area contributed by atoms with Gasteiger partial charge in [-0.25, -0.2) is 4.79 Å². The molecular formula is C13H24N2O3. The molecule has 2 aliphatic rings. The van der Waals surface area contributed by atoms with Crippen molar-refractivity contribution >= 4 is 6.03 Å². The SMILES string of the molecule is O=C(NCC1(CO)CCCCC1)NC1CCOC1. The number of ether oxygens (including phenoxy) is 1. The number of rotatable bonds is 4. The number of hydrogen-bond acceptors (Lipinski definition) is 3. The first-order valence-electron chi connectivity index (χ1n) is 6.97. The van der Waals surface area contributed by atoms with E-state index in [1.807, 2.05) is 0 Å². The van der Waals surface area contributed by atoms with E-state index in [0.29, 0.717) is 13.2 Å². The van der Waals surface area contributed by atoms with E-state index in [0.717, 1.165) is 38.7 Å². The average molecular weight is 256 g/mol. The topological polar surface area (TPSA) is 70.6 Å². The van der Waals surface area contributed by atoms with E-state index in [9.17, 15) is 9.90 Å². The van der Waals surface area contributed by atoms with Gasteiger partial charge in [0.2, 0.25) is 0 Å². The predicted octanol–water partition coefficient (Wildman–Crippen LogP) is 1.02. The molecule has 0 aromatic rings. The average Bonchev–Trinajstić information content (AvgIpc) is 2.90. The first kappa shape index (κ1) is 13.6. The first-order valence-corrected chi connectivity index (χ1v) is 6.97. The molecule has 5 nitrogen and oxygen atoms in total. The molecule has 0 radical (unpaired) electrons. The molecule has 1 aliphatic heterocycles. The summed E-state index contributed by atoms with van der Waals surface area (Å²) in [5.74, 6) is 0. The van der Waals surface area contributed by atoms with Crippen LogP contribution in [0.5, 0.6) is 0 Å². The minimum absolute atomic E-state index is 0.0955. The van der Waals surface area contributed by atoms with Gasteiger partial charge in [-0.2, -0.15) is 0 Å². The van der Waals surface area contributed by atoms with Crippen LogP contribution < -0.4 is 10.6 Å². The fraction of sp³-hybridized carbons (Fsp3) is 0.923. The molecule has 2 fully saturated rings. The number of amides is 2. The van der Waals surface area contributed by atoms with Crippen molar-refractivity contribution in [1.82, 2.24) is 10.6 Å². The molecule has 1 atom stereocenters. The van der Waals surface area contributed by atoms with Crippen molar-refractivity contribution in [1.29, 1.82) is 0 Å². The van der Waals surface area contributed by atoms with E-state index in [1.165, 1.54) is 6.42 Å². The number of aliphatic hydroxyl groups is 1. The fourth-order valence-corrected chi connectivity index (χ4v) is 2.85. The maximum atomic E-state index is 11.7. The van der Waals surface area contributed by atoms with E-state index in [4.69, 9.17) is 4.74 Å². The maximum Gasteiger partial charge on any atom is 0.315 e. The number of hydrogen-bond donors (Lipinski definition) is 3. The molecule has 2 amide bonds. The van der Waals surface area contributed by atoms with Crippen LogP contribution in [0.15, 0.2) is 0 Å². The summed E-state index contributed by atoms with van der Waals surface area (Å²) >= 11 is 0. The predicted molar refractivity (Wildman–Crippen MR) is 68.4 cm³/mol. The van der Waals surface area contributed by atoms with Gasteiger partial charge >= 0.3 is 6.03 Å². The molecule has 1 heterocycles. The van der Waals surface area contributed by atoms with E-state index in [2.05, 4.69) is 10.6 Å². The highest BCUT2D eigenvalue weighted by Crippen LogP contribution is 2.35. The Labute approximate surface area is 108 Å². The molecule has 3 N–H and O–H groups in total. The molecule has 2 rings (SSSR count). The number of urea groups is 1. The highest BCUT2D eigenvalue weighted by molar-refractivity contribution is 5.74. The molecular weight excluding hydrogens is 232 g/mol. The molecule has 5 heteroatoms. The number of aliphatic hydroxyl groups excluding tert-OH is 1. The summed E-state index contributed by atoms with van der Waals surface area (Å²) in [5.41, 5.74) is -0.0955. The second-order valence-electron chi connectivity index (χ2n) is 5.61. The lowest BCUT2D eigenvalue weighted by Gasteiger charge is -2.35. The Morgan fingerprint density at radius 1 is 1.33 bits per heavy atom. The summed E-state index contributed by atoms with van der Waals surface area (Å²) < 4.78 is 5.21. The van der Waals surface area contributed by atoms with E-state index in [1.54, 1.807) is 0 Å². The number of carbonyl (C=O) groups is 1. The van der Waals surface area contributed by atoms with Gasteiger partial charge < -0.3 is 20.5 Å². The zero-order chi connectivity index (χ0) is 12.8. The van der Waals surface area contributed by atoms with Gasteiger partial charge in [0.1, 0.15) is 0 Å². The van der Waals surface area contributed by atoms with E-state index < -0.39 is 0 Å². The van der Waals surface area contributed by atoms with Crippen LogP contribution in [0.4, 0.5) is 4.79 Å². The summed E-state index contributed by atoms with van der Waals surface area (Å²) in [4.78, 5) is 11.7. The monoisotopic (exact) mass is 256 g/mol. The molecule has 1 saturated heterocycles. The van der Waals surface area contributed by atoms with Gasteiger partial charge in [0.05, 0.1) is 19.3 Å². The van der Waals surface area contributed by atoms with Gasteiger partial charge in [0.25, 0.3) is 0 Å². The molecule has 0 aromatic heterocycles. The third kappa shape index (κ3) is 3.59. The minimum atomic E-state index is -0.135. The third-order valence-corrected chi connectivity index (χ3v) is 4.14. The minimum Gasteiger partial charge on any atom is -0.396 e. The molecule has 0 bridgehead atoms. The molecule has 1 aliphatic carbocycles. The largest absolute Gasteiger partial charge is 0.396 e. The summed E-state index contributed by atoms with van der Waals surface area (Å²) in [7, 11) is 0. The second-order valence-corrected chi connectivity index (χ2v) is 5.61. The van der Waals surface area contributed by atoms with Crippen molar-refractivity contribution in [2.75, 3.05) is 26.4 Å². The number of nitrogens with one attached hydrogen (secondary N) is 2. The van der Waals surface area contributed by atoms with Crippen molar-refractivity contribution in [2.45, 2.75) is 44.6 Å². The molecule has 0 aromatic carbocycles. The van der Waals surface area contributed by atoms with Crippen molar-refractivity contribution < 1.29 is 14.6 Å². The lowest BCUT2D eigenvalue weighted by Crippen LogP contribution is -2.47. The van der Waals surface area contributed by atoms with E-state index >= 15 is 0 Å². The second kappa shape index (κ2) is 6.38. The summed E-state index contributed by atoms with van der Waals surface area (Å²) in [5, 5.41) is 15.4. The Bertz CT molecular complexity index is 271.